The zero-order chi connectivity index (χ0) is 28.1. The van der Waals surface area contributed by atoms with Gasteiger partial charge in [-0.2, -0.15) is 0 Å². The van der Waals surface area contributed by atoms with Gasteiger partial charge in [0.2, 0.25) is 0 Å². The highest BCUT2D eigenvalue weighted by atomic mass is 19.1. The number of hydrogen-bond donors (Lipinski definition) is 1. The highest BCUT2D eigenvalue weighted by Gasteiger charge is 2.24. The van der Waals surface area contributed by atoms with Gasteiger partial charge >= 0.3 is 18.2 Å². The van der Waals surface area contributed by atoms with Crippen molar-refractivity contribution in [2.75, 3.05) is 18.5 Å². The Morgan fingerprint density at radius 2 is 1.72 bits per heavy atom. The van der Waals surface area contributed by atoms with Crippen molar-refractivity contribution >= 4 is 34.7 Å². The molecular weight excluding hydrogens is 516 g/mol. The van der Waals surface area contributed by atoms with Crippen molar-refractivity contribution in [2.45, 2.75) is 13.8 Å². The van der Waals surface area contributed by atoms with Crippen LogP contribution in [0.15, 0.2) is 65.7 Å². The number of pyridine rings is 2. The maximum atomic E-state index is 15.0. The largest absolute Gasteiger partial charge is 0.450 e. The van der Waals surface area contributed by atoms with Gasteiger partial charge in [0, 0.05) is 30.1 Å². The smallest absolute Gasteiger partial charge is 0.419 e. The summed E-state index contributed by atoms with van der Waals surface area (Å²) < 4.78 is 45.7. The molecule has 0 saturated heterocycles. The molecule has 0 bridgehead atoms. The monoisotopic (exact) mass is 537 g/mol. The summed E-state index contributed by atoms with van der Waals surface area (Å²) in [5.41, 5.74) is -1.70. The van der Waals surface area contributed by atoms with Crippen molar-refractivity contribution < 1.29 is 37.4 Å². The summed E-state index contributed by atoms with van der Waals surface area (Å²) in [6.07, 6.45) is 0.775. The minimum Gasteiger partial charge on any atom is -0.450 e. The number of benzene rings is 2. The third-order valence-corrected chi connectivity index (χ3v) is 5.39. The van der Waals surface area contributed by atoms with Gasteiger partial charge in [-0.05, 0) is 50.2 Å². The second-order valence-electron chi connectivity index (χ2n) is 7.87. The molecule has 1 amide bonds. The Labute approximate surface area is 219 Å². The predicted octanol–water partition coefficient (Wildman–Crippen LogP) is 5.13. The molecule has 2 aromatic heterocycles. The van der Waals surface area contributed by atoms with Gasteiger partial charge in [0.05, 0.1) is 35.5 Å². The van der Waals surface area contributed by atoms with E-state index in [9.17, 15) is 28.0 Å². The maximum Gasteiger partial charge on any atom is 0.419 e. The van der Waals surface area contributed by atoms with Crippen LogP contribution in [0.1, 0.15) is 24.2 Å². The summed E-state index contributed by atoms with van der Waals surface area (Å²) in [6.45, 7) is 2.99. The maximum absolute atomic E-state index is 15.0. The average molecular weight is 537 g/mol. The molecule has 0 atom stereocenters. The second kappa shape index (κ2) is 11.5. The lowest BCUT2D eigenvalue weighted by molar-refractivity contribution is 0.0734. The minimum absolute atomic E-state index is 0.0138. The fourth-order valence-corrected chi connectivity index (χ4v) is 3.79. The number of amides is 1. The first-order valence-electron chi connectivity index (χ1n) is 11.7. The fraction of sp³-hybridized carbons (Fsp3) is 0.148. The molecule has 2 aromatic carbocycles. The Hall–Kier alpha value is -5.13. The third-order valence-electron chi connectivity index (χ3n) is 5.39. The van der Waals surface area contributed by atoms with E-state index in [1.165, 1.54) is 43.6 Å². The molecule has 0 aliphatic heterocycles. The quantitative estimate of drug-likeness (QED) is 0.265. The molecule has 1 N–H and O–H groups in total. The standard InChI is InChI=1S/C27H21F2N3O7/c1-3-37-26(35)31-20-12-16(39-25(34)15-6-5-11-30-14-15)7-8-17(20)21-13-22(33)23-18(28)9-10-19(29)24(23)32(21)27(36)38-4-2/h5-14H,3-4H2,1-2H3,(H,31,35). The van der Waals surface area contributed by atoms with Crippen molar-refractivity contribution in [1.82, 2.24) is 9.55 Å². The molecule has 39 heavy (non-hydrogen) atoms. The molecule has 0 unspecified atom stereocenters. The fourth-order valence-electron chi connectivity index (χ4n) is 3.79. The number of nitrogens with one attached hydrogen (secondary N) is 1. The molecule has 0 saturated carbocycles. The van der Waals surface area contributed by atoms with Crippen molar-refractivity contribution in [3.63, 3.8) is 0 Å². The van der Waals surface area contributed by atoms with E-state index >= 15 is 0 Å². The van der Waals surface area contributed by atoms with Gasteiger partial charge in [-0.15, -0.1) is 0 Å². The number of carbonyl (C=O) groups excluding carboxylic acids is 3. The van der Waals surface area contributed by atoms with Crippen LogP contribution in [0.5, 0.6) is 5.75 Å². The van der Waals surface area contributed by atoms with Gasteiger partial charge in [0.15, 0.2) is 5.43 Å². The second-order valence-corrected chi connectivity index (χ2v) is 7.87. The lowest BCUT2D eigenvalue weighted by atomic mass is 10.0. The molecule has 200 valence electrons. The zero-order valence-corrected chi connectivity index (χ0v) is 20.7. The molecule has 0 aliphatic carbocycles. The normalized spacial score (nSPS) is 10.7. The van der Waals surface area contributed by atoms with Gasteiger partial charge in [0.1, 0.15) is 22.9 Å². The van der Waals surface area contributed by atoms with Gasteiger partial charge in [-0.25, -0.2) is 27.7 Å². The van der Waals surface area contributed by atoms with Crippen LogP contribution < -0.4 is 15.5 Å². The summed E-state index contributed by atoms with van der Waals surface area (Å²) in [5, 5.41) is 1.80. The van der Waals surface area contributed by atoms with Crippen LogP contribution in [-0.2, 0) is 9.47 Å². The highest BCUT2D eigenvalue weighted by Crippen LogP contribution is 2.34. The number of anilines is 1. The van der Waals surface area contributed by atoms with Crippen molar-refractivity contribution in [1.29, 1.82) is 0 Å². The number of hydrogen-bond acceptors (Lipinski definition) is 8. The Morgan fingerprint density at radius 1 is 0.974 bits per heavy atom. The first kappa shape index (κ1) is 26.9. The van der Waals surface area contributed by atoms with Crippen LogP contribution in [-0.4, -0.2) is 40.9 Å². The highest BCUT2D eigenvalue weighted by molar-refractivity contribution is 5.98. The van der Waals surface area contributed by atoms with Crippen molar-refractivity contribution in [3.05, 3.63) is 88.3 Å². The molecule has 4 rings (SSSR count). The summed E-state index contributed by atoms with van der Waals surface area (Å²) in [7, 11) is 0. The number of rotatable bonds is 6. The molecule has 12 heteroatoms. The van der Waals surface area contributed by atoms with Gasteiger partial charge < -0.3 is 14.2 Å². The van der Waals surface area contributed by atoms with E-state index in [1.807, 2.05) is 0 Å². The SMILES string of the molecule is CCOC(=O)Nc1cc(OC(=O)c2cccnc2)ccc1-c1cc(=O)c2c(F)ccc(F)c2n1C(=O)OCC. The van der Waals surface area contributed by atoms with Crippen LogP contribution in [0.3, 0.4) is 0 Å². The van der Waals surface area contributed by atoms with E-state index in [0.29, 0.717) is 4.57 Å². The topological polar surface area (TPSA) is 126 Å². The van der Waals surface area contributed by atoms with E-state index in [-0.39, 0.29) is 41.5 Å². The van der Waals surface area contributed by atoms with Crippen LogP contribution in [0.4, 0.5) is 24.1 Å². The zero-order valence-electron chi connectivity index (χ0n) is 20.7. The number of aromatic nitrogens is 2. The summed E-state index contributed by atoms with van der Waals surface area (Å²) >= 11 is 0. The summed E-state index contributed by atoms with van der Waals surface area (Å²) in [5.74, 6) is -2.86. The summed E-state index contributed by atoms with van der Waals surface area (Å²) in [4.78, 5) is 54.6. The molecular formula is C27H21F2N3O7. The molecule has 0 aliphatic rings. The van der Waals surface area contributed by atoms with E-state index < -0.39 is 46.1 Å². The van der Waals surface area contributed by atoms with Gasteiger partial charge in [-0.3, -0.25) is 15.1 Å². The number of fused-ring (bicyclic) bond motifs is 1. The number of halogens is 2. The number of nitrogens with zero attached hydrogens (tertiary/aromatic N) is 2. The lowest BCUT2D eigenvalue weighted by Gasteiger charge is -2.19. The molecule has 0 radical (unpaired) electrons. The van der Waals surface area contributed by atoms with Crippen LogP contribution in [0.2, 0.25) is 0 Å². The average Bonchev–Trinajstić information content (AvgIpc) is 2.91. The van der Waals surface area contributed by atoms with Crippen molar-refractivity contribution in [3.8, 4) is 17.0 Å². The van der Waals surface area contributed by atoms with Crippen LogP contribution in [0.25, 0.3) is 22.2 Å². The van der Waals surface area contributed by atoms with E-state index in [0.717, 1.165) is 18.2 Å². The summed E-state index contributed by atoms with van der Waals surface area (Å²) in [6, 6.07) is 9.38. The molecule has 0 fully saturated rings. The van der Waals surface area contributed by atoms with Crippen molar-refractivity contribution in [2.24, 2.45) is 0 Å². The Kier molecular flexibility index (Phi) is 7.94. The Bertz CT molecular complexity index is 1640. The molecule has 4 aromatic rings. The van der Waals surface area contributed by atoms with Crippen LogP contribution in [0, 0.1) is 11.6 Å². The Balaban J connectivity index is 1.94. The van der Waals surface area contributed by atoms with E-state index in [1.54, 1.807) is 13.0 Å². The van der Waals surface area contributed by atoms with Gasteiger partial charge in [-0.1, -0.05) is 0 Å². The predicted molar refractivity (Wildman–Crippen MR) is 136 cm³/mol. The van der Waals surface area contributed by atoms with E-state index in [4.69, 9.17) is 14.2 Å². The lowest BCUT2D eigenvalue weighted by Crippen LogP contribution is -2.22. The number of carbonyl (C=O) groups is 3. The minimum atomic E-state index is -1.10. The molecule has 0 spiro atoms. The molecule has 2 heterocycles. The molecule has 10 nitrogen and oxygen atoms in total. The third kappa shape index (κ3) is 5.59. The number of ether oxygens (including phenoxy) is 3. The first-order valence-corrected chi connectivity index (χ1v) is 11.7. The first-order chi connectivity index (χ1) is 18.7. The van der Waals surface area contributed by atoms with Gasteiger partial charge in [0.25, 0.3) is 0 Å². The number of esters is 1. The Morgan fingerprint density at radius 3 is 2.41 bits per heavy atom. The van der Waals surface area contributed by atoms with E-state index in [2.05, 4.69) is 10.3 Å². The van der Waals surface area contributed by atoms with Crippen LogP contribution >= 0.6 is 0 Å².